The molecular weight excluding hydrogens is 394 g/mol. The molecule has 1 aliphatic rings. The third kappa shape index (κ3) is 4.94. The van der Waals surface area contributed by atoms with Gasteiger partial charge >= 0.3 is 5.63 Å². The summed E-state index contributed by atoms with van der Waals surface area (Å²) in [5.41, 5.74) is 3.62. The van der Waals surface area contributed by atoms with Gasteiger partial charge in [0.25, 0.3) is 0 Å². The fourth-order valence-corrected chi connectivity index (χ4v) is 3.82. The van der Waals surface area contributed by atoms with E-state index in [4.69, 9.17) is 9.15 Å². The molecule has 1 amide bonds. The second kappa shape index (κ2) is 9.31. The van der Waals surface area contributed by atoms with Crippen LogP contribution in [0.4, 0.5) is 5.82 Å². The molecular formula is C24H27N3O4. The summed E-state index contributed by atoms with van der Waals surface area (Å²) in [6.45, 7) is 7.38. The van der Waals surface area contributed by atoms with Crippen LogP contribution in [0.25, 0.3) is 11.0 Å². The molecule has 0 radical (unpaired) electrons. The summed E-state index contributed by atoms with van der Waals surface area (Å²) in [5.74, 6) is 0.812. The van der Waals surface area contributed by atoms with Gasteiger partial charge in [-0.2, -0.15) is 0 Å². The fraction of sp³-hybridized carbons (Fsp3) is 0.375. The average Bonchev–Trinajstić information content (AvgIpc) is 2.78. The summed E-state index contributed by atoms with van der Waals surface area (Å²) >= 11 is 0. The van der Waals surface area contributed by atoms with E-state index in [2.05, 4.69) is 15.2 Å². The van der Waals surface area contributed by atoms with Crippen LogP contribution in [-0.4, -0.2) is 37.2 Å². The molecule has 1 saturated heterocycles. The van der Waals surface area contributed by atoms with Gasteiger partial charge in [-0.05, 0) is 49.1 Å². The van der Waals surface area contributed by atoms with Crippen molar-refractivity contribution in [3.63, 3.8) is 0 Å². The monoisotopic (exact) mass is 421 g/mol. The Morgan fingerprint density at radius 2 is 1.97 bits per heavy atom. The first kappa shape index (κ1) is 21.1. The molecule has 0 unspecified atom stereocenters. The highest BCUT2D eigenvalue weighted by Crippen LogP contribution is 2.21. The van der Waals surface area contributed by atoms with Gasteiger partial charge in [0.15, 0.2) is 0 Å². The van der Waals surface area contributed by atoms with Crippen molar-refractivity contribution >= 4 is 22.7 Å². The molecule has 1 aromatic carbocycles. The number of benzene rings is 1. The lowest BCUT2D eigenvalue weighted by atomic mass is 10.0. The Balaban J connectivity index is 1.33. The van der Waals surface area contributed by atoms with Crippen LogP contribution < -0.4 is 15.8 Å². The van der Waals surface area contributed by atoms with Crippen molar-refractivity contribution in [2.75, 3.05) is 31.2 Å². The van der Waals surface area contributed by atoms with Crippen LogP contribution in [0.3, 0.4) is 0 Å². The number of rotatable bonds is 6. The Labute approximate surface area is 181 Å². The molecule has 1 fully saturated rings. The predicted octanol–water partition coefficient (Wildman–Crippen LogP) is 2.89. The SMILES string of the molecule is Cc1ccc2c(C)c(CCC(=O)NCc3ccc(N4CCOCC4)nc3)c(=O)oc2c1. The topological polar surface area (TPSA) is 84.7 Å². The second-order valence-corrected chi connectivity index (χ2v) is 7.89. The first-order chi connectivity index (χ1) is 15.0. The zero-order valence-corrected chi connectivity index (χ0v) is 17.9. The van der Waals surface area contributed by atoms with Crippen LogP contribution >= 0.6 is 0 Å². The van der Waals surface area contributed by atoms with Crippen molar-refractivity contribution in [2.24, 2.45) is 0 Å². The van der Waals surface area contributed by atoms with Crippen LogP contribution in [0, 0.1) is 13.8 Å². The van der Waals surface area contributed by atoms with Gasteiger partial charge in [-0.15, -0.1) is 0 Å². The molecule has 7 nitrogen and oxygen atoms in total. The van der Waals surface area contributed by atoms with E-state index in [1.165, 1.54) is 0 Å². The Hall–Kier alpha value is -3.19. The van der Waals surface area contributed by atoms with Gasteiger partial charge in [-0.25, -0.2) is 9.78 Å². The molecule has 2 aromatic heterocycles. The number of carbonyl (C=O) groups excluding carboxylic acids is 1. The molecule has 162 valence electrons. The zero-order chi connectivity index (χ0) is 21.8. The van der Waals surface area contributed by atoms with E-state index < -0.39 is 0 Å². The minimum Gasteiger partial charge on any atom is -0.423 e. The molecule has 0 atom stereocenters. The molecule has 0 bridgehead atoms. The summed E-state index contributed by atoms with van der Waals surface area (Å²) in [5, 5.41) is 3.82. The zero-order valence-electron chi connectivity index (χ0n) is 17.9. The van der Waals surface area contributed by atoms with Crippen molar-refractivity contribution in [1.29, 1.82) is 0 Å². The Morgan fingerprint density at radius 1 is 1.16 bits per heavy atom. The quantitative estimate of drug-likeness (QED) is 0.616. The van der Waals surface area contributed by atoms with E-state index in [9.17, 15) is 9.59 Å². The van der Waals surface area contributed by atoms with E-state index in [1.807, 2.05) is 44.2 Å². The van der Waals surface area contributed by atoms with Crippen molar-refractivity contribution < 1.29 is 13.9 Å². The molecule has 31 heavy (non-hydrogen) atoms. The lowest BCUT2D eigenvalue weighted by molar-refractivity contribution is -0.121. The number of nitrogens with zero attached hydrogens (tertiary/aromatic N) is 2. The third-order valence-corrected chi connectivity index (χ3v) is 5.68. The Bertz CT molecular complexity index is 1130. The van der Waals surface area contributed by atoms with Crippen LogP contribution in [-0.2, 0) is 22.5 Å². The smallest absolute Gasteiger partial charge is 0.339 e. The van der Waals surface area contributed by atoms with Gasteiger partial charge in [0.05, 0.1) is 13.2 Å². The maximum atomic E-state index is 12.4. The number of pyridine rings is 1. The number of aromatic nitrogens is 1. The Kier molecular flexibility index (Phi) is 6.32. The molecule has 7 heteroatoms. The normalized spacial score (nSPS) is 14.1. The minimum absolute atomic E-state index is 0.111. The summed E-state index contributed by atoms with van der Waals surface area (Å²) in [6, 6.07) is 9.75. The van der Waals surface area contributed by atoms with Crippen molar-refractivity contribution in [2.45, 2.75) is 33.2 Å². The number of morpholine rings is 1. The number of carbonyl (C=O) groups is 1. The molecule has 4 rings (SSSR count). The van der Waals surface area contributed by atoms with Crippen LogP contribution in [0.1, 0.15) is 28.7 Å². The van der Waals surface area contributed by atoms with E-state index in [-0.39, 0.29) is 18.0 Å². The van der Waals surface area contributed by atoms with E-state index >= 15 is 0 Å². The highest BCUT2D eigenvalue weighted by Gasteiger charge is 2.14. The highest BCUT2D eigenvalue weighted by molar-refractivity contribution is 5.82. The molecule has 1 aliphatic heterocycles. The Morgan fingerprint density at radius 3 is 2.71 bits per heavy atom. The molecule has 0 aliphatic carbocycles. The summed E-state index contributed by atoms with van der Waals surface area (Å²) in [6.07, 6.45) is 2.36. The summed E-state index contributed by atoms with van der Waals surface area (Å²) in [4.78, 5) is 31.4. The summed E-state index contributed by atoms with van der Waals surface area (Å²) < 4.78 is 10.8. The van der Waals surface area contributed by atoms with E-state index in [1.54, 1.807) is 6.20 Å². The second-order valence-electron chi connectivity index (χ2n) is 7.89. The van der Waals surface area contributed by atoms with Crippen LogP contribution in [0.5, 0.6) is 0 Å². The number of hydrogen-bond acceptors (Lipinski definition) is 6. The van der Waals surface area contributed by atoms with Gasteiger partial charge < -0.3 is 19.4 Å². The van der Waals surface area contributed by atoms with Crippen LogP contribution in [0.2, 0.25) is 0 Å². The van der Waals surface area contributed by atoms with Crippen molar-refractivity contribution in [3.05, 3.63) is 69.2 Å². The highest BCUT2D eigenvalue weighted by atomic mass is 16.5. The van der Waals surface area contributed by atoms with Crippen molar-refractivity contribution in [1.82, 2.24) is 10.3 Å². The van der Waals surface area contributed by atoms with Gasteiger partial charge in [-0.3, -0.25) is 4.79 Å². The van der Waals surface area contributed by atoms with Gasteiger partial charge in [0, 0.05) is 43.2 Å². The lowest BCUT2D eigenvalue weighted by Gasteiger charge is -2.27. The van der Waals surface area contributed by atoms with Crippen molar-refractivity contribution in [3.8, 4) is 0 Å². The number of nitrogens with one attached hydrogen (secondary N) is 1. The number of anilines is 1. The van der Waals surface area contributed by atoms with Gasteiger partial charge in [-0.1, -0.05) is 18.2 Å². The molecule has 3 aromatic rings. The standard InChI is InChI=1S/C24H27N3O4/c1-16-3-5-19-17(2)20(24(29)31-21(19)13-16)6-8-23(28)26-15-18-4-7-22(25-14-18)27-9-11-30-12-10-27/h3-5,7,13-14H,6,8-12,15H2,1-2H3,(H,26,28). The molecule has 0 spiro atoms. The minimum atomic E-state index is -0.369. The first-order valence-corrected chi connectivity index (χ1v) is 10.6. The number of hydrogen-bond donors (Lipinski definition) is 1. The number of ether oxygens (including phenoxy) is 1. The van der Waals surface area contributed by atoms with E-state index in [0.717, 1.165) is 41.0 Å². The third-order valence-electron chi connectivity index (χ3n) is 5.68. The lowest BCUT2D eigenvalue weighted by Crippen LogP contribution is -2.36. The number of aryl methyl sites for hydroxylation is 2. The van der Waals surface area contributed by atoms with Crippen LogP contribution in [0.15, 0.2) is 45.7 Å². The molecule has 3 heterocycles. The fourth-order valence-electron chi connectivity index (χ4n) is 3.82. The average molecular weight is 421 g/mol. The predicted molar refractivity (Wildman–Crippen MR) is 119 cm³/mol. The van der Waals surface area contributed by atoms with Gasteiger partial charge in [0.2, 0.25) is 5.91 Å². The van der Waals surface area contributed by atoms with Gasteiger partial charge in [0.1, 0.15) is 11.4 Å². The number of amides is 1. The van der Waals surface area contributed by atoms with E-state index in [0.29, 0.717) is 37.3 Å². The summed E-state index contributed by atoms with van der Waals surface area (Å²) in [7, 11) is 0. The number of fused-ring (bicyclic) bond motifs is 1. The largest absolute Gasteiger partial charge is 0.423 e. The molecule has 0 saturated carbocycles. The maximum Gasteiger partial charge on any atom is 0.339 e. The molecule has 1 N–H and O–H groups in total. The maximum absolute atomic E-state index is 12.4. The first-order valence-electron chi connectivity index (χ1n) is 10.6.